The van der Waals surface area contributed by atoms with Crippen molar-refractivity contribution >= 4 is 5.97 Å². The third-order valence-corrected chi connectivity index (χ3v) is 5.98. The van der Waals surface area contributed by atoms with Gasteiger partial charge in [-0.25, -0.2) is 0 Å². The summed E-state index contributed by atoms with van der Waals surface area (Å²) in [5.41, 5.74) is 0. The number of rotatable bonds is 21. The SMILES string of the molecule is CCCCCCCCCCCCC1OC1CCCCCCCC(=O)OCC(C)C. The van der Waals surface area contributed by atoms with Crippen LogP contribution in [-0.4, -0.2) is 24.8 Å². The van der Waals surface area contributed by atoms with Crippen LogP contribution in [0.15, 0.2) is 0 Å². The van der Waals surface area contributed by atoms with Crippen LogP contribution < -0.4 is 0 Å². The predicted molar refractivity (Wildman–Crippen MR) is 123 cm³/mol. The van der Waals surface area contributed by atoms with Crippen LogP contribution in [-0.2, 0) is 14.3 Å². The summed E-state index contributed by atoms with van der Waals surface area (Å²) in [6, 6.07) is 0. The lowest BCUT2D eigenvalue weighted by Gasteiger charge is -2.06. The van der Waals surface area contributed by atoms with E-state index < -0.39 is 0 Å². The Balaban J connectivity index is 1.76. The van der Waals surface area contributed by atoms with Gasteiger partial charge < -0.3 is 9.47 Å². The lowest BCUT2D eigenvalue weighted by Crippen LogP contribution is -2.09. The van der Waals surface area contributed by atoms with Crippen LogP contribution in [0.1, 0.15) is 136 Å². The summed E-state index contributed by atoms with van der Waals surface area (Å²) >= 11 is 0. The van der Waals surface area contributed by atoms with E-state index in [0.717, 1.165) is 12.8 Å². The number of hydrogen-bond acceptors (Lipinski definition) is 3. The first-order valence-corrected chi connectivity index (χ1v) is 12.9. The van der Waals surface area contributed by atoms with Crippen molar-refractivity contribution in [2.45, 2.75) is 149 Å². The molecular formula is C26H50O3. The summed E-state index contributed by atoms with van der Waals surface area (Å²) in [6.07, 6.45) is 24.2. The molecule has 1 fully saturated rings. The molecule has 0 radical (unpaired) electrons. The van der Waals surface area contributed by atoms with Gasteiger partial charge in [0.05, 0.1) is 18.8 Å². The van der Waals surface area contributed by atoms with Gasteiger partial charge in [-0.1, -0.05) is 111 Å². The van der Waals surface area contributed by atoms with Crippen molar-refractivity contribution < 1.29 is 14.3 Å². The highest BCUT2D eigenvalue weighted by atomic mass is 16.6. The fourth-order valence-corrected chi connectivity index (χ4v) is 4.00. The van der Waals surface area contributed by atoms with E-state index in [4.69, 9.17) is 9.47 Å². The van der Waals surface area contributed by atoms with Crippen molar-refractivity contribution in [1.29, 1.82) is 0 Å². The Morgan fingerprint density at radius 1 is 0.724 bits per heavy atom. The van der Waals surface area contributed by atoms with Gasteiger partial charge in [-0.05, 0) is 25.2 Å². The van der Waals surface area contributed by atoms with Crippen molar-refractivity contribution in [1.82, 2.24) is 0 Å². The van der Waals surface area contributed by atoms with E-state index in [1.807, 2.05) is 0 Å². The van der Waals surface area contributed by atoms with Gasteiger partial charge in [0.1, 0.15) is 0 Å². The Labute approximate surface area is 181 Å². The molecule has 2 unspecified atom stereocenters. The maximum atomic E-state index is 11.5. The minimum atomic E-state index is -0.0279. The van der Waals surface area contributed by atoms with Gasteiger partial charge in [-0.3, -0.25) is 4.79 Å². The second kappa shape index (κ2) is 18.2. The molecule has 0 saturated carbocycles. The molecule has 0 aromatic carbocycles. The molecule has 1 aliphatic rings. The normalized spacial score (nSPS) is 18.3. The first-order valence-electron chi connectivity index (χ1n) is 12.9. The smallest absolute Gasteiger partial charge is 0.305 e. The second-order valence-corrected chi connectivity index (χ2v) is 9.57. The molecule has 0 bridgehead atoms. The zero-order valence-electron chi connectivity index (χ0n) is 19.9. The molecule has 29 heavy (non-hydrogen) atoms. The Kier molecular flexibility index (Phi) is 16.6. The van der Waals surface area contributed by atoms with Crippen LogP contribution in [0.5, 0.6) is 0 Å². The van der Waals surface area contributed by atoms with E-state index in [9.17, 15) is 4.79 Å². The topological polar surface area (TPSA) is 38.8 Å². The summed E-state index contributed by atoms with van der Waals surface area (Å²) in [4.78, 5) is 11.5. The summed E-state index contributed by atoms with van der Waals surface area (Å²) in [5.74, 6) is 0.400. The van der Waals surface area contributed by atoms with Crippen molar-refractivity contribution in [2.24, 2.45) is 5.92 Å². The van der Waals surface area contributed by atoms with Crippen LogP contribution in [0.2, 0.25) is 0 Å². The molecule has 0 spiro atoms. The quantitative estimate of drug-likeness (QED) is 0.109. The minimum absolute atomic E-state index is 0.0279. The average Bonchev–Trinajstić information content (AvgIpc) is 3.45. The highest BCUT2D eigenvalue weighted by molar-refractivity contribution is 5.69. The predicted octanol–water partition coefficient (Wildman–Crippen LogP) is 7.99. The van der Waals surface area contributed by atoms with E-state index in [0.29, 0.717) is 31.2 Å². The Hall–Kier alpha value is -0.570. The zero-order valence-corrected chi connectivity index (χ0v) is 19.9. The van der Waals surface area contributed by atoms with E-state index in [1.54, 1.807) is 0 Å². The largest absolute Gasteiger partial charge is 0.465 e. The highest BCUT2D eigenvalue weighted by Gasteiger charge is 2.36. The molecule has 1 heterocycles. The number of unbranched alkanes of at least 4 members (excludes halogenated alkanes) is 13. The number of carbonyl (C=O) groups is 1. The summed E-state index contributed by atoms with van der Waals surface area (Å²) in [7, 11) is 0. The van der Waals surface area contributed by atoms with Crippen molar-refractivity contribution in [3.63, 3.8) is 0 Å². The molecule has 3 nitrogen and oxygen atoms in total. The van der Waals surface area contributed by atoms with Gasteiger partial charge in [-0.15, -0.1) is 0 Å². The Bertz CT molecular complexity index is 380. The number of esters is 1. The van der Waals surface area contributed by atoms with E-state index >= 15 is 0 Å². The molecule has 1 saturated heterocycles. The lowest BCUT2D eigenvalue weighted by molar-refractivity contribution is -0.144. The fourth-order valence-electron chi connectivity index (χ4n) is 4.00. The molecule has 1 rings (SSSR count). The third-order valence-electron chi connectivity index (χ3n) is 5.98. The van der Waals surface area contributed by atoms with Crippen LogP contribution >= 0.6 is 0 Å². The lowest BCUT2D eigenvalue weighted by atomic mass is 10.0. The Morgan fingerprint density at radius 3 is 1.66 bits per heavy atom. The number of hydrogen-bond donors (Lipinski definition) is 0. The number of epoxide rings is 1. The first kappa shape index (κ1) is 26.5. The molecule has 172 valence electrons. The molecule has 0 amide bonds. The van der Waals surface area contributed by atoms with E-state index in [2.05, 4.69) is 20.8 Å². The average molecular weight is 411 g/mol. The number of ether oxygens (including phenoxy) is 2. The van der Waals surface area contributed by atoms with Crippen LogP contribution in [0.3, 0.4) is 0 Å². The molecule has 1 aliphatic heterocycles. The number of carbonyl (C=O) groups excluding carboxylic acids is 1. The molecule has 3 heteroatoms. The monoisotopic (exact) mass is 410 g/mol. The molecule has 2 atom stereocenters. The highest BCUT2D eigenvalue weighted by Crippen LogP contribution is 2.31. The minimum Gasteiger partial charge on any atom is -0.465 e. The van der Waals surface area contributed by atoms with Crippen molar-refractivity contribution in [2.75, 3.05) is 6.61 Å². The van der Waals surface area contributed by atoms with Crippen molar-refractivity contribution in [3.8, 4) is 0 Å². The van der Waals surface area contributed by atoms with Crippen LogP contribution in [0, 0.1) is 5.92 Å². The standard InChI is InChI=1S/C26H50O3/c1-4-5-6-7-8-9-10-11-13-16-19-24-25(29-24)20-17-14-12-15-18-21-26(27)28-22-23(2)3/h23-25H,4-22H2,1-3H3. The first-order chi connectivity index (χ1) is 14.1. The van der Waals surface area contributed by atoms with Gasteiger partial charge in [-0.2, -0.15) is 0 Å². The van der Waals surface area contributed by atoms with E-state index in [1.165, 1.54) is 96.3 Å². The molecule has 0 N–H and O–H groups in total. The maximum absolute atomic E-state index is 11.5. The summed E-state index contributed by atoms with van der Waals surface area (Å²) < 4.78 is 11.0. The summed E-state index contributed by atoms with van der Waals surface area (Å²) in [6.45, 7) is 6.98. The van der Waals surface area contributed by atoms with Gasteiger partial charge >= 0.3 is 5.97 Å². The maximum Gasteiger partial charge on any atom is 0.305 e. The van der Waals surface area contributed by atoms with Crippen LogP contribution in [0.25, 0.3) is 0 Å². The van der Waals surface area contributed by atoms with Gasteiger partial charge in [0, 0.05) is 6.42 Å². The second-order valence-electron chi connectivity index (χ2n) is 9.57. The molecular weight excluding hydrogens is 360 g/mol. The third kappa shape index (κ3) is 16.9. The van der Waals surface area contributed by atoms with Gasteiger partial charge in [0.25, 0.3) is 0 Å². The molecule has 0 aliphatic carbocycles. The molecule has 0 aromatic heterocycles. The van der Waals surface area contributed by atoms with Gasteiger partial charge in [0.15, 0.2) is 0 Å². The summed E-state index contributed by atoms with van der Waals surface area (Å²) in [5, 5.41) is 0. The zero-order chi connectivity index (χ0) is 21.2. The van der Waals surface area contributed by atoms with E-state index in [-0.39, 0.29) is 5.97 Å². The van der Waals surface area contributed by atoms with Crippen molar-refractivity contribution in [3.05, 3.63) is 0 Å². The Morgan fingerprint density at radius 2 is 1.17 bits per heavy atom. The van der Waals surface area contributed by atoms with Crippen LogP contribution in [0.4, 0.5) is 0 Å². The van der Waals surface area contributed by atoms with Gasteiger partial charge in [0.2, 0.25) is 0 Å². The molecule has 0 aromatic rings. The fraction of sp³-hybridized carbons (Fsp3) is 0.962.